The summed E-state index contributed by atoms with van der Waals surface area (Å²) in [4.78, 5) is 27.9. The topological polar surface area (TPSA) is 76.5 Å². The van der Waals surface area contributed by atoms with E-state index in [0.717, 1.165) is 19.5 Å². The molecule has 2 aromatic heterocycles. The lowest BCUT2D eigenvalue weighted by Gasteiger charge is -2.34. The number of nitrogens with zero attached hydrogens (tertiary/aromatic N) is 3. The molecule has 2 aromatic rings. The van der Waals surface area contributed by atoms with E-state index in [0.29, 0.717) is 26.3 Å². The highest BCUT2D eigenvalue weighted by molar-refractivity contribution is 7.10. The maximum absolute atomic E-state index is 12.5. The van der Waals surface area contributed by atoms with Gasteiger partial charge in [-0.1, -0.05) is 13.0 Å². The third-order valence-corrected chi connectivity index (χ3v) is 5.32. The highest BCUT2D eigenvalue weighted by atomic mass is 32.1. The fourth-order valence-electron chi connectivity index (χ4n) is 3.00. The second kappa shape index (κ2) is 9.07. The van der Waals surface area contributed by atoms with Crippen LogP contribution < -0.4 is 10.9 Å². The summed E-state index contributed by atoms with van der Waals surface area (Å²) in [5, 5.41) is 9.21. The Morgan fingerprint density at radius 2 is 2.15 bits per heavy atom. The van der Waals surface area contributed by atoms with E-state index in [2.05, 4.69) is 21.4 Å². The number of amides is 1. The van der Waals surface area contributed by atoms with Crippen molar-refractivity contribution in [1.29, 1.82) is 0 Å². The molecule has 0 radical (unpaired) electrons. The molecule has 1 fully saturated rings. The molecule has 1 aliphatic rings. The largest absolute Gasteiger partial charge is 0.379 e. The predicted molar refractivity (Wildman–Crippen MR) is 101 cm³/mol. The number of ether oxygens (including phenoxy) is 1. The van der Waals surface area contributed by atoms with Crippen molar-refractivity contribution in [2.75, 3.05) is 32.8 Å². The molecule has 1 amide bonds. The van der Waals surface area contributed by atoms with E-state index in [9.17, 15) is 9.59 Å². The molecule has 0 aromatic carbocycles. The minimum absolute atomic E-state index is 0.115. The van der Waals surface area contributed by atoms with Crippen LogP contribution >= 0.6 is 11.3 Å². The van der Waals surface area contributed by atoms with Crippen molar-refractivity contribution in [3.8, 4) is 0 Å². The van der Waals surface area contributed by atoms with E-state index >= 15 is 0 Å². The van der Waals surface area contributed by atoms with Crippen LogP contribution in [0.15, 0.2) is 34.4 Å². The van der Waals surface area contributed by atoms with Crippen molar-refractivity contribution in [3.05, 3.63) is 50.6 Å². The second-order valence-electron chi connectivity index (χ2n) is 6.17. The third kappa shape index (κ3) is 4.57. The van der Waals surface area contributed by atoms with Crippen molar-refractivity contribution in [2.45, 2.75) is 25.9 Å². The normalized spacial score (nSPS) is 16.3. The van der Waals surface area contributed by atoms with E-state index in [1.54, 1.807) is 11.3 Å². The first-order chi connectivity index (χ1) is 12.7. The molecule has 3 heterocycles. The first kappa shape index (κ1) is 18.8. The van der Waals surface area contributed by atoms with Gasteiger partial charge in [-0.05, 0) is 23.9 Å². The van der Waals surface area contributed by atoms with Gasteiger partial charge in [-0.25, -0.2) is 4.68 Å². The molecule has 0 aliphatic carbocycles. The minimum Gasteiger partial charge on any atom is -0.379 e. The van der Waals surface area contributed by atoms with Crippen molar-refractivity contribution in [1.82, 2.24) is 20.0 Å². The van der Waals surface area contributed by atoms with E-state index in [-0.39, 0.29) is 23.2 Å². The number of rotatable bonds is 7. The Hall–Kier alpha value is -2.03. The van der Waals surface area contributed by atoms with E-state index in [1.807, 2.05) is 18.4 Å². The number of hydrogen-bond acceptors (Lipinski definition) is 6. The molecule has 1 aliphatic heterocycles. The molecule has 0 saturated carbocycles. The van der Waals surface area contributed by atoms with Gasteiger partial charge in [0.25, 0.3) is 11.5 Å². The molecule has 1 atom stereocenters. The maximum atomic E-state index is 12.5. The molecule has 0 bridgehead atoms. The van der Waals surface area contributed by atoms with Crippen molar-refractivity contribution < 1.29 is 9.53 Å². The Kier molecular flexibility index (Phi) is 6.54. The molecule has 3 rings (SSSR count). The van der Waals surface area contributed by atoms with Crippen LogP contribution in [0.3, 0.4) is 0 Å². The van der Waals surface area contributed by atoms with E-state index < -0.39 is 0 Å². The quantitative estimate of drug-likeness (QED) is 0.793. The van der Waals surface area contributed by atoms with Gasteiger partial charge in [0.2, 0.25) is 0 Å². The van der Waals surface area contributed by atoms with Gasteiger partial charge in [0.1, 0.15) is 5.69 Å². The number of aryl methyl sites for hydroxylation is 1. The van der Waals surface area contributed by atoms with Crippen LogP contribution in [-0.2, 0) is 11.3 Å². The fourth-order valence-corrected chi connectivity index (χ4v) is 3.86. The Morgan fingerprint density at radius 3 is 2.85 bits per heavy atom. The fraction of sp³-hybridized carbons (Fsp3) is 0.500. The average Bonchev–Trinajstić information content (AvgIpc) is 3.19. The number of morpholine rings is 1. The van der Waals surface area contributed by atoms with Crippen molar-refractivity contribution in [3.63, 3.8) is 0 Å². The smallest absolute Gasteiger partial charge is 0.271 e. The van der Waals surface area contributed by atoms with Gasteiger partial charge < -0.3 is 10.1 Å². The summed E-state index contributed by atoms with van der Waals surface area (Å²) >= 11 is 1.69. The number of carbonyl (C=O) groups excluding carboxylic acids is 1. The van der Waals surface area contributed by atoms with Gasteiger partial charge in [0, 0.05) is 37.1 Å². The van der Waals surface area contributed by atoms with Gasteiger partial charge in [0.05, 0.1) is 19.3 Å². The molecule has 140 valence electrons. The Bertz CT molecular complexity index is 769. The first-order valence-corrected chi connectivity index (χ1v) is 9.78. The van der Waals surface area contributed by atoms with Crippen LogP contribution in [0.2, 0.25) is 0 Å². The Balaban J connectivity index is 1.69. The Labute approximate surface area is 156 Å². The molecule has 7 nitrogen and oxygen atoms in total. The van der Waals surface area contributed by atoms with Crippen LogP contribution in [0.1, 0.15) is 34.8 Å². The van der Waals surface area contributed by atoms with Gasteiger partial charge in [-0.3, -0.25) is 14.5 Å². The van der Waals surface area contributed by atoms with Gasteiger partial charge in [-0.2, -0.15) is 5.10 Å². The van der Waals surface area contributed by atoms with Crippen molar-refractivity contribution >= 4 is 17.2 Å². The standard InChI is InChI=1S/C18H24N4O3S/c1-2-7-22-17(23)6-5-14(20-22)18(24)19-13-15(16-4-3-12-26-16)21-8-10-25-11-9-21/h3-6,12,15H,2,7-11,13H2,1H3,(H,19,24)/t15-/m1/s1. The molecular formula is C18H24N4O3S. The highest BCUT2D eigenvalue weighted by Crippen LogP contribution is 2.25. The van der Waals surface area contributed by atoms with E-state index in [4.69, 9.17) is 4.74 Å². The van der Waals surface area contributed by atoms with Crippen LogP contribution in [0.4, 0.5) is 0 Å². The van der Waals surface area contributed by atoms with Gasteiger partial charge in [-0.15, -0.1) is 11.3 Å². The zero-order chi connectivity index (χ0) is 18.4. The lowest BCUT2D eigenvalue weighted by Crippen LogP contribution is -2.43. The summed E-state index contributed by atoms with van der Waals surface area (Å²) in [6.45, 7) is 6.07. The predicted octanol–water partition coefficient (Wildman–Crippen LogP) is 1.52. The SMILES string of the molecule is CCCn1nc(C(=O)NC[C@H](c2cccs2)N2CCOCC2)ccc1=O. The molecule has 1 N–H and O–H groups in total. The lowest BCUT2D eigenvalue weighted by molar-refractivity contribution is 0.0169. The molecule has 0 unspecified atom stereocenters. The monoisotopic (exact) mass is 376 g/mol. The number of carbonyl (C=O) groups is 1. The second-order valence-corrected chi connectivity index (χ2v) is 7.15. The minimum atomic E-state index is -0.260. The average molecular weight is 376 g/mol. The van der Waals surface area contributed by atoms with Crippen LogP contribution in [0, 0.1) is 0 Å². The third-order valence-electron chi connectivity index (χ3n) is 4.35. The van der Waals surface area contributed by atoms with Crippen molar-refractivity contribution in [2.24, 2.45) is 0 Å². The summed E-state index contributed by atoms with van der Waals surface area (Å²) in [5.41, 5.74) is 0.0816. The summed E-state index contributed by atoms with van der Waals surface area (Å²) in [5.74, 6) is -0.260. The number of nitrogens with one attached hydrogen (secondary N) is 1. The number of aromatic nitrogens is 2. The zero-order valence-corrected chi connectivity index (χ0v) is 15.7. The molecule has 8 heteroatoms. The molecule has 1 saturated heterocycles. The molecule has 26 heavy (non-hydrogen) atoms. The van der Waals surface area contributed by atoms with Gasteiger partial charge in [0.15, 0.2) is 0 Å². The van der Waals surface area contributed by atoms with Crippen LogP contribution in [0.5, 0.6) is 0 Å². The highest BCUT2D eigenvalue weighted by Gasteiger charge is 2.24. The maximum Gasteiger partial charge on any atom is 0.271 e. The van der Waals surface area contributed by atoms with Crippen LogP contribution in [-0.4, -0.2) is 53.4 Å². The lowest BCUT2D eigenvalue weighted by atomic mass is 10.2. The summed E-state index contributed by atoms with van der Waals surface area (Å²) < 4.78 is 6.78. The van der Waals surface area contributed by atoms with E-state index in [1.165, 1.54) is 21.7 Å². The molecule has 0 spiro atoms. The number of thiophene rings is 1. The first-order valence-electron chi connectivity index (χ1n) is 8.90. The summed E-state index contributed by atoms with van der Waals surface area (Å²) in [7, 11) is 0. The number of hydrogen-bond donors (Lipinski definition) is 1. The summed E-state index contributed by atoms with van der Waals surface area (Å²) in [6, 6.07) is 7.12. The van der Waals surface area contributed by atoms with Gasteiger partial charge >= 0.3 is 0 Å². The van der Waals surface area contributed by atoms with Crippen LogP contribution in [0.25, 0.3) is 0 Å². The molecular weight excluding hydrogens is 352 g/mol. The summed E-state index contributed by atoms with van der Waals surface area (Å²) in [6.07, 6.45) is 0.787. The Morgan fingerprint density at radius 1 is 1.35 bits per heavy atom. The zero-order valence-electron chi connectivity index (χ0n) is 14.9.